The molecule has 2 rings (SSSR count). The first kappa shape index (κ1) is 8.51. The molecule has 3 nitrogen and oxygen atoms in total. The summed E-state index contributed by atoms with van der Waals surface area (Å²) >= 11 is 0. The van der Waals surface area contributed by atoms with Crippen LogP contribution in [-0.2, 0) is 0 Å². The van der Waals surface area contributed by atoms with Gasteiger partial charge in [-0.3, -0.25) is 4.98 Å². The van der Waals surface area contributed by atoms with Gasteiger partial charge >= 0.3 is 0 Å². The molecule has 0 aliphatic carbocycles. The first-order valence-electron chi connectivity index (χ1n) is 4.68. The lowest BCUT2D eigenvalue weighted by molar-refractivity contribution is 0.128. The monoisotopic (exact) mass is 177 g/mol. The summed E-state index contributed by atoms with van der Waals surface area (Å²) < 4.78 is 5.63. The molecule has 2 heterocycles. The maximum absolute atomic E-state index is 5.63. The summed E-state index contributed by atoms with van der Waals surface area (Å²) in [6.07, 6.45) is 6.98. The average Bonchev–Trinajstić information content (AvgIpc) is 2.21. The highest BCUT2D eigenvalue weighted by Gasteiger charge is 2.14. The van der Waals surface area contributed by atoms with Gasteiger partial charge in [0.2, 0.25) is 0 Å². The van der Waals surface area contributed by atoms with E-state index in [4.69, 9.17) is 4.74 Å². The van der Waals surface area contributed by atoms with E-state index in [1.54, 1.807) is 12.4 Å². The fourth-order valence-corrected chi connectivity index (χ4v) is 1.43. The van der Waals surface area contributed by atoms with Gasteiger partial charge in [-0.1, -0.05) is 0 Å². The van der Waals surface area contributed by atoms with Crippen LogP contribution in [0.5, 0.6) is 5.75 Å². The van der Waals surface area contributed by atoms with E-state index in [1.807, 2.05) is 12.1 Å². The molecule has 0 N–H and O–H groups in total. The molecule has 1 aliphatic rings. The molecule has 1 aromatic rings. The van der Waals surface area contributed by atoms with Crippen molar-refractivity contribution in [2.24, 2.45) is 0 Å². The third-order valence-corrected chi connectivity index (χ3v) is 2.10. The molecule has 0 spiro atoms. The second kappa shape index (κ2) is 4.23. The molecule has 1 radical (unpaired) electrons. The Labute approximate surface area is 78.1 Å². The molecular weight excluding hydrogens is 164 g/mol. The molecule has 0 saturated carbocycles. The fourth-order valence-electron chi connectivity index (χ4n) is 1.43. The van der Waals surface area contributed by atoms with Crippen molar-refractivity contribution in [3.8, 4) is 5.75 Å². The fraction of sp³-hybridized carbons (Fsp3) is 0.500. The van der Waals surface area contributed by atoms with E-state index in [0.29, 0.717) is 0 Å². The number of rotatable bonds is 2. The van der Waals surface area contributed by atoms with Crippen molar-refractivity contribution in [3.63, 3.8) is 0 Å². The molecule has 0 amide bonds. The van der Waals surface area contributed by atoms with Gasteiger partial charge in [-0.2, -0.15) is 0 Å². The minimum Gasteiger partial charge on any atom is -0.472 e. The zero-order valence-electron chi connectivity index (χ0n) is 7.52. The molecule has 0 aromatic carbocycles. The number of hydrogen-bond donors (Lipinski definition) is 0. The van der Waals surface area contributed by atoms with Crippen LogP contribution in [0.2, 0.25) is 0 Å². The van der Waals surface area contributed by atoms with Crippen molar-refractivity contribution in [3.05, 3.63) is 24.5 Å². The highest BCUT2D eigenvalue weighted by molar-refractivity contribution is 5.15. The summed E-state index contributed by atoms with van der Waals surface area (Å²) in [5, 5.41) is 4.37. The number of piperidine rings is 1. The Kier molecular flexibility index (Phi) is 2.77. The van der Waals surface area contributed by atoms with E-state index >= 15 is 0 Å². The minimum absolute atomic E-state index is 0.0537. The van der Waals surface area contributed by atoms with Gasteiger partial charge in [0.1, 0.15) is 5.75 Å². The molecule has 3 heteroatoms. The van der Waals surface area contributed by atoms with Crippen LogP contribution < -0.4 is 10.1 Å². The Bertz CT molecular complexity index is 244. The summed E-state index contributed by atoms with van der Waals surface area (Å²) in [7, 11) is 0. The predicted molar refractivity (Wildman–Crippen MR) is 49.5 cm³/mol. The summed E-state index contributed by atoms with van der Waals surface area (Å²) in [5.74, 6) is 0.818. The maximum Gasteiger partial charge on any atom is 0.165 e. The molecule has 1 unspecified atom stereocenters. The molecule has 1 saturated heterocycles. The van der Waals surface area contributed by atoms with E-state index in [9.17, 15) is 0 Å². The van der Waals surface area contributed by atoms with Crippen molar-refractivity contribution in [1.82, 2.24) is 10.3 Å². The summed E-state index contributed by atoms with van der Waals surface area (Å²) in [5.41, 5.74) is 0. The van der Waals surface area contributed by atoms with Gasteiger partial charge < -0.3 is 4.74 Å². The quantitative estimate of drug-likeness (QED) is 0.687. The third-order valence-electron chi connectivity index (χ3n) is 2.10. The van der Waals surface area contributed by atoms with Gasteiger partial charge in [-0.25, -0.2) is 5.32 Å². The smallest absolute Gasteiger partial charge is 0.165 e. The number of hydrogen-bond acceptors (Lipinski definition) is 2. The first-order chi connectivity index (χ1) is 6.45. The predicted octanol–water partition coefficient (Wildman–Crippen LogP) is 1.57. The normalized spacial score (nSPS) is 22.6. The van der Waals surface area contributed by atoms with Crippen LogP contribution >= 0.6 is 0 Å². The lowest BCUT2D eigenvalue weighted by Gasteiger charge is -2.22. The largest absolute Gasteiger partial charge is 0.472 e. The minimum atomic E-state index is 0.0537. The summed E-state index contributed by atoms with van der Waals surface area (Å²) in [6.45, 7) is 0.935. The van der Waals surface area contributed by atoms with Crippen molar-refractivity contribution in [2.45, 2.75) is 25.5 Å². The standard InChI is InChI=1S/C10H13N2O/c1-2-7-12-10(5-1)13-9-4-3-6-11-8-9/h3-4,6,8,10H,1-2,5,7H2. The zero-order chi connectivity index (χ0) is 8.93. The van der Waals surface area contributed by atoms with Crippen LogP contribution in [0.1, 0.15) is 19.3 Å². The van der Waals surface area contributed by atoms with Crippen LogP contribution in [0.3, 0.4) is 0 Å². The first-order valence-corrected chi connectivity index (χ1v) is 4.68. The number of nitrogens with zero attached hydrogens (tertiary/aromatic N) is 2. The number of aromatic nitrogens is 1. The highest BCUT2D eigenvalue weighted by Crippen LogP contribution is 2.14. The third kappa shape index (κ3) is 2.42. The zero-order valence-corrected chi connectivity index (χ0v) is 7.52. The van der Waals surface area contributed by atoms with Crippen LogP contribution in [-0.4, -0.2) is 17.8 Å². The van der Waals surface area contributed by atoms with Gasteiger partial charge in [-0.15, -0.1) is 0 Å². The lowest BCUT2D eigenvalue weighted by atomic mass is 10.1. The Morgan fingerprint density at radius 3 is 3.08 bits per heavy atom. The average molecular weight is 177 g/mol. The van der Waals surface area contributed by atoms with Gasteiger partial charge in [0, 0.05) is 12.7 Å². The number of ether oxygens (including phenoxy) is 1. The van der Waals surface area contributed by atoms with Crippen molar-refractivity contribution in [2.75, 3.05) is 6.54 Å². The number of pyridine rings is 1. The van der Waals surface area contributed by atoms with Gasteiger partial charge in [-0.05, 0) is 31.4 Å². The molecule has 1 atom stereocenters. The second-order valence-corrected chi connectivity index (χ2v) is 3.16. The van der Waals surface area contributed by atoms with Crippen LogP contribution in [0, 0.1) is 0 Å². The summed E-state index contributed by atoms with van der Waals surface area (Å²) in [6, 6.07) is 3.79. The van der Waals surface area contributed by atoms with E-state index in [1.165, 1.54) is 12.8 Å². The SMILES string of the molecule is c1cncc(OC2CCCC[N]2)c1. The Morgan fingerprint density at radius 2 is 2.38 bits per heavy atom. The molecule has 1 aliphatic heterocycles. The summed E-state index contributed by atoms with van der Waals surface area (Å²) in [4.78, 5) is 3.98. The van der Waals surface area contributed by atoms with Crippen molar-refractivity contribution in [1.29, 1.82) is 0 Å². The van der Waals surface area contributed by atoms with Crippen LogP contribution in [0.15, 0.2) is 24.5 Å². The van der Waals surface area contributed by atoms with E-state index in [-0.39, 0.29) is 6.23 Å². The molecular formula is C10H13N2O. The maximum atomic E-state index is 5.63. The Hall–Kier alpha value is -1.09. The second-order valence-electron chi connectivity index (χ2n) is 3.16. The van der Waals surface area contributed by atoms with E-state index in [0.717, 1.165) is 18.7 Å². The van der Waals surface area contributed by atoms with Crippen molar-refractivity contribution < 1.29 is 4.74 Å². The Morgan fingerprint density at radius 1 is 1.38 bits per heavy atom. The molecule has 69 valence electrons. The lowest BCUT2D eigenvalue weighted by Crippen LogP contribution is -2.32. The molecule has 1 aromatic heterocycles. The van der Waals surface area contributed by atoms with Gasteiger partial charge in [0.15, 0.2) is 6.23 Å². The molecule has 13 heavy (non-hydrogen) atoms. The van der Waals surface area contributed by atoms with Gasteiger partial charge in [0.05, 0.1) is 6.20 Å². The van der Waals surface area contributed by atoms with Crippen molar-refractivity contribution >= 4 is 0 Å². The van der Waals surface area contributed by atoms with Gasteiger partial charge in [0.25, 0.3) is 0 Å². The van der Waals surface area contributed by atoms with E-state index < -0.39 is 0 Å². The highest BCUT2D eigenvalue weighted by atomic mass is 16.5. The van der Waals surface area contributed by atoms with E-state index in [2.05, 4.69) is 10.3 Å². The topological polar surface area (TPSA) is 36.2 Å². The molecule has 1 fully saturated rings. The molecule has 0 bridgehead atoms. The van der Waals surface area contributed by atoms with Crippen LogP contribution in [0.25, 0.3) is 0 Å². The Balaban J connectivity index is 1.90. The van der Waals surface area contributed by atoms with Crippen LogP contribution in [0.4, 0.5) is 0 Å².